The number of sulfone groups is 1. The number of ether oxygens (including phenoxy) is 1. The lowest BCUT2D eigenvalue weighted by atomic mass is 10.1. The van der Waals surface area contributed by atoms with Crippen molar-refractivity contribution in [3.63, 3.8) is 0 Å². The summed E-state index contributed by atoms with van der Waals surface area (Å²) in [5, 5.41) is 0. The third-order valence-electron chi connectivity index (χ3n) is 3.18. The van der Waals surface area contributed by atoms with E-state index in [-0.39, 0.29) is 16.8 Å². The van der Waals surface area contributed by atoms with Crippen molar-refractivity contribution in [3.05, 3.63) is 23.8 Å². The topological polar surface area (TPSA) is 69.4 Å². The van der Waals surface area contributed by atoms with Gasteiger partial charge in [0.2, 0.25) is 0 Å². The molecule has 1 aromatic carbocycles. The minimum Gasteiger partial charge on any atom is -0.398 e. The molecule has 100 valence electrons. The molecule has 1 atom stereocenters. The number of aryl methyl sites for hydroxylation is 1. The summed E-state index contributed by atoms with van der Waals surface area (Å²) in [7, 11) is -3.36. The van der Waals surface area contributed by atoms with Crippen LogP contribution in [0.5, 0.6) is 0 Å². The van der Waals surface area contributed by atoms with Crippen LogP contribution < -0.4 is 5.73 Å². The smallest absolute Gasteiger partial charge is 0.182 e. The Morgan fingerprint density at radius 2 is 2.17 bits per heavy atom. The van der Waals surface area contributed by atoms with Crippen LogP contribution in [0.1, 0.15) is 24.8 Å². The van der Waals surface area contributed by atoms with Gasteiger partial charge >= 0.3 is 0 Å². The van der Waals surface area contributed by atoms with Gasteiger partial charge < -0.3 is 10.5 Å². The summed E-state index contributed by atoms with van der Waals surface area (Å²) in [6.45, 7) is 2.51. The van der Waals surface area contributed by atoms with E-state index in [9.17, 15) is 8.42 Å². The van der Waals surface area contributed by atoms with Gasteiger partial charge in [-0.1, -0.05) is 6.07 Å². The van der Waals surface area contributed by atoms with Crippen molar-refractivity contribution in [3.8, 4) is 0 Å². The quantitative estimate of drug-likeness (QED) is 0.851. The van der Waals surface area contributed by atoms with Crippen LogP contribution in [0.15, 0.2) is 23.1 Å². The Hall–Kier alpha value is -1.07. The molecule has 2 N–H and O–H groups in total. The Balaban J connectivity index is 2.21. The van der Waals surface area contributed by atoms with E-state index in [0.29, 0.717) is 12.3 Å². The Morgan fingerprint density at radius 3 is 2.83 bits per heavy atom. The van der Waals surface area contributed by atoms with E-state index in [1.54, 1.807) is 12.1 Å². The highest BCUT2D eigenvalue weighted by atomic mass is 32.2. The second-order valence-corrected chi connectivity index (χ2v) is 6.81. The normalized spacial score (nSPS) is 20.8. The minimum absolute atomic E-state index is 0.0284. The molecule has 0 amide bonds. The molecular weight excluding hydrogens is 250 g/mol. The Morgan fingerprint density at radius 1 is 1.39 bits per heavy atom. The summed E-state index contributed by atoms with van der Waals surface area (Å²) in [4.78, 5) is 0.233. The standard InChI is InChI=1S/C13H19NO3S/c1-10-5-6-12(14)13(8-10)18(15,16)9-11-4-2-3-7-17-11/h5-6,8,11H,2-4,7,9,14H2,1H3. The lowest BCUT2D eigenvalue weighted by molar-refractivity contribution is 0.0305. The van der Waals surface area contributed by atoms with Crippen molar-refractivity contribution in [2.24, 2.45) is 0 Å². The van der Waals surface area contributed by atoms with Crippen LogP contribution in [0, 0.1) is 6.92 Å². The van der Waals surface area contributed by atoms with E-state index in [2.05, 4.69) is 0 Å². The van der Waals surface area contributed by atoms with Gasteiger partial charge in [-0.3, -0.25) is 0 Å². The predicted molar refractivity (Wildman–Crippen MR) is 71.2 cm³/mol. The van der Waals surface area contributed by atoms with Crippen LogP contribution in [0.2, 0.25) is 0 Å². The average Bonchev–Trinajstić information content (AvgIpc) is 2.33. The molecule has 4 nitrogen and oxygen atoms in total. The van der Waals surface area contributed by atoms with Crippen LogP contribution >= 0.6 is 0 Å². The number of nitrogens with two attached hydrogens (primary N) is 1. The Kier molecular flexibility index (Phi) is 3.92. The van der Waals surface area contributed by atoms with Crippen molar-refractivity contribution >= 4 is 15.5 Å². The zero-order valence-electron chi connectivity index (χ0n) is 10.6. The Labute approximate surface area is 108 Å². The minimum atomic E-state index is -3.36. The molecule has 1 aliphatic heterocycles. The molecule has 1 aromatic rings. The molecule has 1 aliphatic rings. The van der Waals surface area contributed by atoms with Crippen molar-refractivity contribution in [1.29, 1.82) is 0 Å². The molecule has 1 fully saturated rings. The summed E-state index contributed by atoms with van der Waals surface area (Å²) in [5.74, 6) is 0.0284. The molecule has 0 radical (unpaired) electrons. The fourth-order valence-corrected chi connectivity index (χ4v) is 3.91. The van der Waals surface area contributed by atoms with E-state index in [1.165, 1.54) is 0 Å². The van der Waals surface area contributed by atoms with Gasteiger partial charge in [0.05, 0.1) is 22.4 Å². The van der Waals surface area contributed by atoms with E-state index in [0.717, 1.165) is 24.8 Å². The number of hydrogen-bond acceptors (Lipinski definition) is 4. The maximum absolute atomic E-state index is 12.3. The van der Waals surface area contributed by atoms with Crippen LogP contribution in [0.4, 0.5) is 5.69 Å². The lowest BCUT2D eigenvalue weighted by Crippen LogP contribution is -2.28. The second kappa shape index (κ2) is 5.28. The van der Waals surface area contributed by atoms with Gasteiger partial charge in [0, 0.05) is 6.61 Å². The first-order valence-corrected chi connectivity index (χ1v) is 7.85. The average molecular weight is 269 g/mol. The van der Waals surface area contributed by atoms with Crippen molar-refractivity contribution in [1.82, 2.24) is 0 Å². The molecule has 5 heteroatoms. The highest BCUT2D eigenvalue weighted by Gasteiger charge is 2.25. The third-order valence-corrected chi connectivity index (χ3v) is 5.02. The van der Waals surface area contributed by atoms with Crippen LogP contribution in [0.25, 0.3) is 0 Å². The predicted octanol–water partition coefficient (Wildman–Crippen LogP) is 1.92. The molecule has 2 rings (SSSR count). The Bertz CT molecular complexity index is 519. The van der Waals surface area contributed by atoms with Gasteiger partial charge in [-0.15, -0.1) is 0 Å². The highest BCUT2D eigenvalue weighted by Crippen LogP contribution is 2.24. The molecular formula is C13H19NO3S. The van der Waals surface area contributed by atoms with E-state index >= 15 is 0 Å². The first-order valence-electron chi connectivity index (χ1n) is 6.19. The molecule has 0 aliphatic carbocycles. The van der Waals surface area contributed by atoms with Crippen LogP contribution in [-0.4, -0.2) is 26.9 Å². The fourth-order valence-electron chi connectivity index (χ4n) is 2.18. The zero-order valence-corrected chi connectivity index (χ0v) is 11.4. The maximum Gasteiger partial charge on any atom is 0.182 e. The molecule has 1 saturated heterocycles. The van der Waals surface area contributed by atoms with E-state index < -0.39 is 9.84 Å². The van der Waals surface area contributed by atoms with Crippen LogP contribution in [-0.2, 0) is 14.6 Å². The van der Waals surface area contributed by atoms with Gasteiger partial charge in [-0.25, -0.2) is 8.42 Å². The molecule has 0 aromatic heterocycles. The monoisotopic (exact) mass is 269 g/mol. The second-order valence-electron chi connectivity index (χ2n) is 4.81. The molecule has 0 saturated carbocycles. The molecule has 18 heavy (non-hydrogen) atoms. The van der Waals surface area contributed by atoms with Crippen molar-refractivity contribution < 1.29 is 13.2 Å². The van der Waals surface area contributed by atoms with Gasteiger partial charge in [0.25, 0.3) is 0 Å². The highest BCUT2D eigenvalue weighted by molar-refractivity contribution is 7.91. The largest absolute Gasteiger partial charge is 0.398 e. The first-order chi connectivity index (χ1) is 8.49. The fraction of sp³-hybridized carbons (Fsp3) is 0.538. The molecule has 0 spiro atoms. The SMILES string of the molecule is Cc1ccc(N)c(S(=O)(=O)CC2CCCCO2)c1. The van der Waals surface area contributed by atoms with Crippen molar-refractivity contribution in [2.45, 2.75) is 37.2 Å². The first kappa shape index (κ1) is 13.4. The summed E-state index contributed by atoms with van der Waals surface area (Å²) < 4.78 is 30.1. The van der Waals surface area contributed by atoms with E-state index in [4.69, 9.17) is 10.5 Å². The zero-order chi connectivity index (χ0) is 13.2. The van der Waals surface area contributed by atoms with Crippen LogP contribution in [0.3, 0.4) is 0 Å². The summed E-state index contributed by atoms with van der Waals surface area (Å²) >= 11 is 0. The summed E-state index contributed by atoms with van der Waals surface area (Å²) in [6.07, 6.45) is 2.67. The number of benzene rings is 1. The van der Waals surface area contributed by atoms with Gasteiger partial charge in [0.15, 0.2) is 9.84 Å². The molecule has 0 bridgehead atoms. The number of rotatable bonds is 3. The van der Waals surface area contributed by atoms with Gasteiger partial charge in [-0.2, -0.15) is 0 Å². The van der Waals surface area contributed by atoms with E-state index in [1.807, 2.05) is 13.0 Å². The lowest BCUT2D eigenvalue weighted by Gasteiger charge is -2.22. The maximum atomic E-state index is 12.3. The summed E-state index contributed by atoms with van der Waals surface area (Å²) in [6, 6.07) is 5.09. The number of hydrogen-bond donors (Lipinski definition) is 1. The van der Waals surface area contributed by atoms with Crippen molar-refractivity contribution in [2.75, 3.05) is 18.1 Å². The molecule has 1 unspecified atom stereocenters. The molecule has 1 heterocycles. The third kappa shape index (κ3) is 3.03. The van der Waals surface area contributed by atoms with Gasteiger partial charge in [0.1, 0.15) is 0 Å². The van der Waals surface area contributed by atoms with Gasteiger partial charge in [-0.05, 0) is 43.9 Å². The number of anilines is 1. The number of nitrogen functional groups attached to an aromatic ring is 1. The summed E-state index contributed by atoms with van der Waals surface area (Å²) in [5.41, 5.74) is 6.97.